The van der Waals surface area contributed by atoms with Gasteiger partial charge in [0.05, 0.1) is 0 Å². The highest BCUT2D eigenvalue weighted by Gasteiger charge is 2.19. The first-order chi connectivity index (χ1) is 33.0. The van der Waals surface area contributed by atoms with Crippen molar-refractivity contribution in [3.8, 4) is 0 Å². The molecule has 0 heterocycles. The second-order valence-corrected chi connectivity index (χ2v) is 20.3. The van der Waals surface area contributed by atoms with Crippen molar-refractivity contribution in [3.63, 3.8) is 0 Å². The predicted molar refractivity (Wildman–Crippen MR) is 289 cm³/mol. The van der Waals surface area contributed by atoms with Crippen molar-refractivity contribution in [2.24, 2.45) is 0 Å². The zero-order chi connectivity index (χ0) is 48.6. The zero-order valence-corrected chi connectivity index (χ0v) is 45.2. The Hall–Kier alpha value is -2.11. The van der Waals surface area contributed by atoms with Crippen molar-refractivity contribution in [1.82, 2.24) is 0 Å². The summed E-state index contributed by atoms with van der Waals surface area (Å²) in [5.41, 5.74) is 0. The van der Waals surface area contributed by atoms with E-state index in [1.54, 1.807) is 0 Å². The van der Waals surface area contributed by atoms with E-state index in [2.05, 4.69) is 45.1 Å². The topological polar surface area (TPSA) is 78.9 Å². The molecule has 0 aliphatic carbocycles. The van der Waals surface area contributed by atoms with Gasteiger partial charge in [-0.1, -0.05) is 263 Å². The quantitative estimate of drug-likeness (QED) is 0.0262. The first-order valence-electron chi connectivity index (χ1n) is 29.8. The minimum atomic E-state index is -0.772. The van der Waals surface area contributed by atoms with E-state index >= 15 is 0 Å². The Kier molecular flexibility index (Phi) is 54.7. The Bertz CT molecular complexity index is 1080. The number of unbranched alkanes of at least 4 members (excludes halogenated alkanes) is 40. The Morgan fingerprint density at radius 3 is 0.746 bits per heavy atom. The third-order valence-corrected chi connectivity index (χ3v) is 13.4. The maximum atomic E-state index is 12.8. The van der Waals surface area contributed by atoms with E-state index in [0.717, 1.165) is 64.2 Å². The number of hydrogen-bond acceptors (Lipinski definition) is 6. The maximum Gasteiger partial charge on any atom is 0.306 e. The van der Waals surface area contributed by atoms with Crippen molar-refractivity contribution in [2.45, 2.75) is 335 Å². The second-order valence-electron chi connectivity index (χ2n) is 20.3. The molecular weight excluding hydrogens is 829 g/mol. The van der Waals surface area contributed by atoms with Gasteiger partial charge in [-0.15, -0.1) is 0 Å². The Morgan fingerprint density at radius 1 is 0.284 bits per heavy atom. The monoisotopic (exact) mass is 943 g/mol. The highest BCUT2D eigenvalue weighted by Crippen LogP contribution is 2.17. The van der Waals surface area contributed by atoms with Gasteiger partial charge in [0, 0.05) is 19.3 Å². The summed E-state index contributed by atoms with van der Waals surface area (Å²) in [6.07, 6.45) is 66.0. The summed E-state index contributed by atoms with van der Waals surface area (Å²) in [4.78, 5) is 38.2. The normalized spacial score (nSPS) is 12.1. The van der Waals surface area contributed by atoms with Crippen LogP contribution in [0, 0.1) is 0 Å². The molecule has 67 heavy (non-hydrogen) atoms. The number of hydrogen-bond donors (Lipinski definition) is 0. The van der Waals surface area contributed by atoms with Crippen LogP contribution in [0.1, 0.15) is 329 Å². The van der Waals surface area contributed by atoms with Gasteiger partial charge in [-0.2, -0.15) is 0 Å². The number of esters is 3. The average Bonchev–Trinajstić information content (AvgIpc) is 3.33. The van der Waals surface area contributed by atoms with Gasteiger partial charge in [-0.05, 0) is 70.6 Å². The van der Waals surface area contributed by atoms with Gasteiger partial charge in [0.15, 0.2) is 6.10 Å². The molecule has 0 aliphatic heterocycles. The number of rotatable bonds is 55. The lowest BCUT2D eigenvalue weighted by Crippen LogP contribution is -2.30. The summed E-state index contributed by atoms with van der Waals surface area (Å²) >= 11 is 0. The van der Waals surface area contributed by atoms with Crippen LogP contribution in [0.3, 0.4) is 0 Å². The van der Waals surface area contributed by atoms with Crippen LogP contribution in [0.4, 0.5) is 0 Å². The lowest BCUT2D eigenvalue weighted by molar-refractivity contribution is -0.167. The second kappa shape index (κ2) is 56.5. The molecule has 0 aliphatic rings. The van der Waals surface area contributed by atoms with Crippen molar-refractivity contribution < 1.29 is 28.6 Å². The van der Waals surface area contributed by atoms with E-state index in [4.69, 9.17) is 14.2 Å². The van der Waals surface area contributed by atoms with Crippen LogP contribution < -0.4 is 0 Å². The molecular formula is C61H114O6. The van der Waals surface area contributed by atoms with Crippen LogP contribution in [0.15, 0.2) is 24.3 Å². The SMILES string of the molecule is CCCCCCCC/C=C\CCCCCCCCCCCCCC(=O)OC[C@H](COC(=O)CCCCCCCCCCCCCCC)OC(=O)CCCCCCC/C=C\CCCCCCCC. The fraction of sp³-hybridized carbons (Fsp3) is 0.885. The fourth-order valence-electron chi connectivity index (χ4n) is 8.91. The summed E-state index contributed by atoms with van der Waals surface area (Å²) < 4.78 is 16.9. The predicted octanol–water partition coefficient (Wildman–Crippen LogP) is 19.9. The summed E-state index contributed by atoms with van der Waals surface area (Å²) in [6, 6.07) is 0. The van der Waals surface area contributed by atoms with Crippen LogP contribution in [0.2, 0.25) is 0 Å². The van der Waals surface area contributed by atoms with Crippen LogP contribution in [0.5, 0.6) is 0 Å². The largest absolute Gasteiger partial charge is 0.462 e. The molecule has 0 bridgehead atoms. The molecule has 0 unspecified atom stereocenters. The van der Waals surface area contributed by atoms with Gasteiger partial charge in [0.2, 0.25) is 0 Å². The fourth-order valence-corrected chi connectivity index (χ4v) is 8.91. The van der Waals surface area contributed by atoms with E-state index in [-0.39, 0.29) is 31.1 Å². The first kappa shape index (κ1) is 64.9. The lowest BCUT2D eigenvalue weighted by Gasteiger charge is -2.18. The molecule has 0 rings (SSSR count). The number of ether oxygens (including phenoxy) is 3. The van der Waals surface area contributed by atoms with E-state index in [1.165, 1.54) is 225 Å². The van der Waals surface area contributed by atoms with Gasteiger partial charge >= 0.3 is 17.9 Å². The molecule has 0 N–H and O–H groups in total. The lowest BCUT2D eigenvalue weighted by atomic mass is 10.0. The minimum Gasteiger partial charge on any atom is -0.462 e. The van der Waals surface area contributed by atoms with Gasteiger partial charge in [0.1, 0.15) is 13.2 Å². The minimum absolute atomic E-state index is 0.0701. The number of carbonyl (C=O) groups is 3. The molecule has 0 aromatic heterocycles. The average molecular weight is 944 g/mol. The number of carbonyl (C=O) groups excluding carboxylic acids is 3. The molecule has 0 aromatic carbocycles. The molecule has 0 saturated heterocycles. The van der Waals surface area contributed by atoms with E-state index < -0.39 is 6.10 Å². The van der Waals surface area contributed by atoms with Crippen LogP contribution in [0.25, 0.3) is 0 Å². The van der Waals surface area contributed by atoms with E-state index in [9.17, 15) is 14.4 Å². The van der Waals surface area contributed by atoms with E-state index in [0.29, 0.717) is 19.3 Å². The molecule has 0 radical (unpaired) electrons. The van der Waals surface area contributed by atoms with Gasteiger partial charge < -0.3 is 14.2 Å². The summed E-state index contributed by atoms with van der Waals surface area (Å²) in [5.74, 6) is -0.858. The molecule has 6 nitrogen and oxygen atoms in total. The zero-order valence-electron chi connectivity index (χ0n) is 45.2. The Balaban J connectivity index is 4.29. The number of allylic oxidation sites excluding steroid dienone is 4. The summed E-state index contributed by atoms with van der Waals surface area (Å²) in [6.45, 7) is 6.67. The van der Waals surface area contributed by atoms with Crippen molar-refractivity contribution in [3.05, 3.63) is 24.3 Å². The molecule has 0 amide bonds. The summed E-state index contributed by atoms with van der Waals surface area (Å²) in [7, 11) is 0. The standard InChI is InChI=1S/C61H114O6/c1-4-7-10-13-16-19-22-25-27-28-29-30-31-32-34-36-39-42-45-48-51-54-60(63)66-57-58(56-65-59(62)53-50-47-44-41-38-35-24-21-18-15-12-9-6-3)67-61(64)55-52-49-46-43-40-37-33-26-23-20-17-14-11-8-5-2/h25-27,33,58H,4-24,28-32,34-57H2,1-3H3/b27-25-,33-26-/t58-/m0/s1. The molecule has 1 atom stereocenters. The Labute approximate surface area is 417 Å². The summed E-state index contributed by atoms with van der Waals surface area (Å²) in [5, 5.41) is 0. The molecule has 0 spiro atoms. The molecule has 0 fully saturated rings. The molecule has 6 heteroatoms. The smallest absolute Gasteiger partial charge is 0.306 e. The van der Waals surface area contributed by atoms with Crippen molar-refractivity contribution >= 4 is 17.9 Å². The van der Waals surface area contributed by atoms with Gasteiger partial charge in [-0.3, -0.25) is 14.4 Å². The molecule has 0 aromatic rings. The van der Waals surface area contributed by atoms with Crippen LogP contribution >= 0.6 is 0 Å². The van der Waals surface area contributed by atoms with E-state index in [1.807, 2.05) is 0 Å². The third-order valence-electron chi connectivity index (χ3n) is 13.4. The molecule has 394 valence electrons. The first-order valence-corrected chi connectivity index (χ1v) is 29.8. The van der Waals surface area contributed by atoms with Crippen LogP contribution in [-0.2, 0) is 28.6 Å². The van der Waals surface area contributed by atoms with Gasteiger partial charge in [0.25, 0.3) is 0 Å². The highest BCUT2D eigenvalue weighted by molar-refractivity contribution is 5.71. The molecule has 0 saturated carbocycles. The van der Waals surface area contributed by atoms with Crippen molar-refractivity contribution in [1.29, 1.82) is 0 Å². The van der Waals surface area contributed by atoms with Crippen molar-refractivity contribution in [2.75, 3.05) is 13.2 Å². The van der Waals surface area contributed by atoms with Gasteiger partial charge in [-0.25, -0.2) is 0 Å². The Morgan fingerprint density at radius 2 is 0.493 bits per heavy atom. The third kappa shape index (κ3) is 54.7. The highest BCUT2D eigenvalue weighted by atomic mass is 16.6. The maximum absolute atomic E-state index is 12.8. The van der Waals surface area contributed by atoms with Crippen LogP contribution in [-0.4, -0.2) is 37.2 Å².